The largest absolute Gasteiger partial charge is 0.481 e. The van der Waals surface area contributed by atoms with Crippen LogP contribution in [0.15, 0.2) is 0 Å². The number of hydrogen-bond acceptors (Lipinski definition) is 4. The summed E-state index contributed by atoms with van der Waals surface area (Å²) >= 11 is 0. The second kappa shape index (κ2) is 5.24. The zero-order valence-electron chi connectivity index (χ0n) is 8.88. The van der Waals surface area contributed by atoms with E-state index in [0.717, 1.165) is 0 Å². The van der Waals surface area contributed by atoms with Crippen LogP contribution in [-0.2, 0) is 17.8 Å². The summed E-state index contributed by atoms with van der Waals surface area (Å²) in [6.45, 7) is 2.18. The molecule has 7 heteroatoms. The molecule has 0 radical (unpaired) electrons. The van der Waals surface area contributed by atoms with Crippen molar-refractivity contribution in [2.24, 2.45) is 0 Å². The molecule has 1 heterocycles. The molecule has 7 nitrogen and oxygen atoms in total. The first-order valence-electron chi connectivity index (χ1n) is 4.93. The highest BCUT2D eigenvalue weighted by Crippen LogP contribution is 2.07. The topological polar surface area (TPSA) is 105 Å². The lowest BCUT2D eigenvalue weighted by molar-refractivity contribution is -0.137. The van der Waals surface area contributed by atoms with Crippen LogP contribution >= 0.6 is 0 Å². The molecule has 0 fully saturated rings. The molecule has 0 amide bonds. The molecule has 0 aliphatic heterocycles. The number of nitrogens with zero attached hydrogens (tertiary/aromatic N) is 3. The third-order valence-corrected chi connectivity index (χ3v) is 2.14. The smallest absolute Gasteiger partial charge is 0.358 e. The van der Waals surface area contributed by atoms with Crippen LogP contribution in [0.4, 0.5) is 0 Å². The fraction of sp³-hybridized carbons (Fsp3) is 0.556. The van der Waals surface area contributed by atoms with Crippen molar-refractivity contribution in [1.29, 1.82) is 0 Å². The lowest BCUT2D eigenvalue weighted by Gasteiger charge is -2.03. The average Bonchev–Trinajstić information content (AvgIpc) is 2.60. The Bertz CT molecular complexity index is 399. The van der Waals surface area contributed by atoms with Gasteiger partial charge in [0.2, 0.25) is 0 Å². The van der Waals surface area contributed by atoms with E-state index in [1.54, 1.807) is 6.92 Å². The number of carboxylic acids is 2. The average molecular weight is 227 g/mol. The molecule has 1 aromatic rings. The number of hydrogen-bond donors (Lipinski definition) is 2. The monoisotopic (exact) mass is 227 g/mol. The maximum absolute atomic E-state index is 10.8. The van der Waals surface area contributed by atoms with E-state index in [1.807, 2.05) is 0 Å². The molecule has 0 bridgehead atoms. The van der Waals surface area contributed by atoms with Gasteiger partial charge in [0.1, 0.15) is 0 Å². The van der Waals surface area contributed by atoms with Crippen molar-refractivity contribution < 1.29 is 19.8 Å². The number of aryl methyl sites for hydroxylation is 1. The number of carbonyl (C=O) groups is 2. The Kier molecular flexibility index (Phi) is 3.98. The minimum atomic E-state index is -1.11. The molecule has 0 saturated heterocycles. The van der Waals surface area contributed by atoms with Crippen LogP contribution < -0.4 is 0 Å². The molecule has 0 aromatic carbocycles. The molecule has 0 aliphatic rings. The summed E-state index contributed by atoms with van der Waals surface area (Å²) in [5, 5.41) is 24.5. The Morgan fingerprint density at radius 3 is 2.56 bits per heavy atom. The van der Waals surface area contributed by atoms with Gasteiger partial charge in [0.05, 0.1) is 5.69 Å². The maximum atomic E-state index is 10.8. The summed E-state index contributed by atoms with van der Waals surface area (Å²) in [7, 11) is 0. The number of rotatable bonds is 6. The molecular weight excluding hydrogens is 214 g/mol. The van der Waals surface area contributed by atoms with E-state index in [0.29, 0.717) is 25.1 Å². The lowest BCUT2D eigenvalue weighted by atomic mass is 10.2. The van der Waals surface area contributed by atoms with Crippen LogP contribution in [0.1, 0.15) is 35.9 Å². The predicted molar refractivity (Wildman–Crippen MR) is 53.2 cm³/mol. The van der Waals surface area contributed by atoms with Gasteiger partial charge in [-0.05, 0) is 12.8 Å². The van der Waals surface area contributed by atoms with Crippen LogP contribution in [0.5, 0.6) is 0 Å². The highest BCUT2D eigenvalue weighted by atomic mass is 16.4. The van der Waals surface area contributed by atoms with Crippen molar-refractivity contribution in [2.75, 3.05) is 0 Å². The third-order valence-electron chi connectivity index (χ3n) is 2.14. The molecule has 0 aliphatic carbocycles. The number of aromatic carboxylic acids is 1. The first-order valence-corrected chi connectivity index (χ1v) is 4.93. The molecule has 0 unspecified atom stereocenters. The third kappa shape index (κ3) is 2.78. The Morgan fingerprint density at radius 2 is 2.06 bits per heavy atom. The summed E-state index contributed by atoms with van der Waals surface area (Å²) < 4.78 is 1.45. The van der Waals surface area contributed by atoms with Gasteiger partial charge in [0.15, 0.2) is 5.69 Å². The Balaban J connectivity index is 2.73. The highest BCUT2D eigenvalue weighted by molar-refractivity contribution is 5.86. The molecule has 1 aromatic heterocycles. The van der Waals surface area contributed by atoms with Gasteiger partial charge >= 0.3 is 11.9 Å². The highest BCUT2D eigenvalue weighted by Gasteiger charge is 2.16. The van der Waals surface area contributed by atoms with Gasteiger partial charge in [-0.1, -0.05) is 12.1 Å². The van der Waals surface area contributed by atoms with E-state index in [4.69, 9.17) is 10.2 Å². The molecule has 2 N–H and O–H groups in total. The van der Waals surface area contributed by atoms with Gasteiger partial charge in [-0.2, -0.15) is 0 Å². The van der Waals surface area contributed by atoms with E-state index in [2.05, 4.69) is 10.3 Å². The Labute approximate surface area is 91.7 Å². The van der Waals surface area contributed by atoms with Crippen molar-refractivity contribution in [3.8, 4) is 0 Å². The maximum Gasteiger partial charge on any atom is 0.358 e. The van der Waals surface area contributed by atoms with Gasteiger partial charge in [-0.15, -0.1) is 5.10 Å². The standard InChI is InChI=1S/C9H13N3O4/c1-2-6-8(9(15)16)10-11-12(6)5-3-4-7(13)14/h2-5H2,1H3,(H,13,14)(H,15,16). The SMILES string of the molecule is CCc1c(C(=O)O)nnn1CCCC(=O)O. The zero-order valence-corrected chi connectivity index (χ0v) is 8.88. The van der Waals surface area contributed by atoms with Crippen molar-refractivity contribution in [1.82, 2.24) is 15.0 Å². The normalized spacial score (nSPS) is 10.3. The molecule has 88 valence electrons. The lowest BCUT2D eigenvalue weighted by Crippen LogP contribution is -2.09. The fourth-order valence-corrected chi connectivity index (χ4v) is 1.41. The zero-order chi connectivity index (χ0) is 12.1. The van der Waals surface area contributed by atoms with Crippen molar-refractivity contribution in [2.45, 2.75) is 32.7 Å². The Morgan fingerprint density at radius 1 is 1.38 bits per heavy atom. The van der Waals surface area contributed by atoms with Gasteiger partial charge in [0.25, 0.3) is 0 Å². The second-order valence-corrected chi connectivity index (χ2v) is 3.26. The van der Waals surface area contributed by atoms with Crippen LogP contribution in [0.2, 0.25) is 0 Å². The summed E-state index contributed by atoms with van der Waals surface area (Å²) in [6, 6.07) is 0. The number of aromatic nitrogens is 3. The quantitative estimate of drug-likeness (QED) is 0.728. The minimum absolute atomic E-state index is 0.0332. The van der Waals surface area contributed by atoms with Crippen LogP contribution in [0, 0.1) is 0 Å². The van der Waals surface area contributed by atoms with E-state index in [1.165, 1.54) is 4.68 Å². The second-order valence-electron chi connectivity index (χ2n) is 3.26. The summed E-state index contributed by atoms with van der Waals surface area (Å²) in [4.78, 5) is 21.1. The molecule has 0 spiro atoms. The van der Waals surface area contributed by atoms with Gasteiger partial charge in [-0.3, -0.25) is 4.79 Å². The van der Waals surface area contributed by atoms with Gasteiger partial charge in [0, 0.05) is 13.0 Å². The first kappa shape index (κ1) is 12.2. The summed E-state index contributed by atoms with van der Waals surface area (Å²) in [6.07, 6.45) is 0.942. The molecule has 0 saturated carbocycles. The van der Waals surface area contributed by atoms with E-state index >= 15 is 0 Å². The van der Waals surface area contributed by atoms with Gasteiger partial charge in [-0.25, -0.2) is 9.48 Å². The van der Waals surface area contributed by atoms with Crippen molar-refractivity contribution >= 4 is 11.9 Å². The number of carboxylic acid groups (broad SMARTS) is 2. The fourth-order valence-electron chi connectivity index (χ4n) is 1.41. The summed E-state index contributed by atoms with van der Waals surface area (Å²) in [5.41, 5.74) is 0.468. The van der Waals surface area contributed by atoms with Crippen LogP contribution in [0.3, 0.4) is 0 Å². The Hall–Kier alpha value is -1.92. The van der Waals surface area contributed by atoms with Gasteiger partial charge < -0.3 is 10.2 Å². The molecule has 0 atom stereocenters. The molecule has 1 rings (SSSR count). The van der Waals surface area contributed by atoms with Crippen molar-refractivity contribution in [3.63, 3.8) is 0 Å². The van der Waals surface area contributed by atoms with Crippen LogP contribution in [-0.4, -0.2) is 37.1 Å². The van der Waals surface area contributed by atoms with E-state index in [-0.39, 0.29) is 12.1 Å². The van der Waals surface area contributed by atoms with E-state index < -0.39 is 11.9 Å². The summed E-state index contributed by atoms with van der Waals surface area (Å²) in [5.74, 6) is -1.99. The number of aliphatic carboxylic acids is 1. The molecular formula is C9H13N3O4. The molecule has 16 heavy (non-hydrogen) atoms. The first-order chi connectivity index (χ1) is 7.56. The minimum Gasteiger partial charge on any atom is -0.481 e. The van der Waals surface area contributed by atoms with Crippen molar-refractivity contribution in [3.05, 3.63) is 11.4 Å². The van der Waals surface area contributed by atoms with E-state index in [9.17, 15) is 9.59 Å². The van der Waals surface area contributed by atoms with Crippen LogP contribution in [0.25, 0.3) is 0 Å². The predicted octanol–water partition coefficient (Wildman–Crippen LogP) is 0.403.